The van der Waals surface area contributed by atoms with Crippen LogP contribution in [0, 0.1) is 0 Å². The molecule has 0 fully saturated rings. The first kappa shape index (κ1) is 21.6. The second kappa shape index (κ2) is 8.08. The molecule has 0 atom stereocenters. The minimum atomic E-state index is 0.879. The van der Waals surface area contributed by atoms with Crippen molar-refractivity contribution in [2.45, 2.75) is 0 Å². The number of fused-ring (bicyclic) bond motifs is 9. The molecule has 2 nitrogen and oxygen atoms in total. The Kier molecular flexibility index (Phi) is 4.36. The van der Waals surface area contributed by atoms with Crippen LogP contribution in [0.3, 0.4) is 0 Å². The van der Waals surface area contributed by atoms with E-state index in [-0.39, 0.29) is 0 Å². The minimum absolute atomic E-state index is 0.879. The Labute approximate surface area is 229 Å². The van der Waals surface area contributed by atoms with E-state index < -0.39 is 0 Å². The highest BCUT2D eigenvalue weighted by atomic mass is 16.3. The van der Waals surface area contributed by atoms with Crippen LogP contribution in [0.1, 0.15) is 0 Å². The van der Waals surface area contributed by atoms with E-state index in [1.807, 2.05) is 24.3 Å². The Bertz CT molecular complexity index is 2370. The third-order valence-corrected chi connectivity index (χ3v) is 8.25. The third-order valence-electron chi connectivity index (χ3n) is 8.25. The number of furan rings is 2. The lowest BCUT2D eigenvalue weighted by atomic mass is 9.91. The van der Waals surface area contributed by atoms with E-state index in [4.69, 9.17) is 8.83 Å². The second-order valence-electron chi connectivity index (χ2n) is 10.5. The molecule has 0 spiro atoms. The van der Waals surface area contributed by atoms with Gasteiger partial charge in [-0.25, -0.2) is 0 Å². The fourth-order valence-corrected chi connectivity index (χ4v) is 6.42. The van der Waals surface area contributed by atoms with Crippen LogP contribution in [0.25, 0.3) is 87.7 Å². The maximum Gasteiger partial charge on any atom is 0.136 e. The highest BCUT2D eigenvalue weighted by molar-refractivity contribution is 6.25. The van der Waals surface area contributed by atoms with Gasteiger partial charge in [0.15, 0.2) is 0 Å². The summed E-state index contributed by atoms with van der Waals surface area (Å²) in [6, 6.07) is 47.3. The summed E-state index contributed by atoms with van der Waals surface area (Å²) in [5.74, 6) is 0. The van der Waals surface area contributed by atoms with Crippen molar-refractivity contribution in [2.24, 2.45) is 0 Å². The highest BCUT2D eigenvalue weighted by Gasteiger charge is 2.17. The van der Waals surface area contributed by atoms with E-state index in [0.29, 0.717) is 0 Å². The first-order chi connectivity index (χ1) is 19.8. The maximum atomic E-state index is 6.39. The van der Waals surface area contributed by atoms with Crippen molar-refractivity contribution in [3.63, 3.8) is 0 Å². The molecule has 0 N–H and O–H groups in total. The first-order valence-corrected chi connectivity index (χ1v) is 13.6. The summed E-state index contributed by atoms with van der Waals surface area (Å²) in [5, 5.41) is 9.52. The van der Waals surface area contributed by atoms with Gasteiger partial charge in [-0.3, -0.25) is 0 Å². The van der Waals surface area contributed by atoms with Gasteiger partial charge in [0.25, 0.3) is 0 Å². The molecular weight excluding hydrogens is 488 g/mol. The lowest BCUT2D eigenvalue weighted by Gasteiger charge is -2.13. The van der Waals surface area contributed by atoms with Crippen molar-refractivity contribution in [2.75, 3.05) is 0 Å². The van der Waals surface area contributed by atoms with E-state index in [2.05, 4.69) is 109 Å². The van der Waals surface area contributed by atoms with Crippen LogP contribution in [0.15, 0.2) is 142 Å². The summed E-state index contributed by atoms with van der Waals surface area (Å²) in [6.45, 7) is 0. The molecule has 0 amide bonds. The van der Waals surface area contributed by atoms with Crippen LogP contribution in [-0.4, -0.2) is 0 Å². The zero-order valence-corrected chi connectivity index (χ0v) is 21.5. The molecule has 0 bridgehead atoms. The number of hydrogen-bond acceptors (Lipinski definition) is 2. The van der Waals surface area contributed by atoms with Crippen molar-refractivity contribution >= 4 is 65.4 Å². The molecule has 0 aliphatic heterocycles. The van der Waals surface area contributed by atoms with Gasteiger partial charge in [0.2, 0.25) is 0 Å². The molecule has 7 aromatic carbocycles. The Balaban J connectivity index is 1.19. The van der Waals surface area contributed by atoms with Crippen molar-refractivity contribution in [1.82, 2.24) is 0 Å². The van der Waals surface area contributed by atoms with Gasteiger partial charge in [-0.15, -0.1) is 0 Å². The second-order valence-corrected chi connectivity index (χ2v) is 10.5. The standard InChI is InChI=1S/C38H22O2/c1-3-9-28-26(7-1)21-27-8-2-4-10-29(27)36(28)24-15-13-23(14-16-24)25-17-18-31-35(22-25)40-34-20-19-33-37(38(31)34)30-11-5-6-12-32(30)39-33/h1-22H. The molecule has 0 saturated heterocycles. The number of para-hydroxylation sites is 1. The average Bonchev–Trinajstić information content (AvgIpc) is 3.57. The van der Waals surface area contributed by atoms with Crippen LogP contribution in [0.5, 0.6) is 0 Å². The van der Waals surface area contributed by atoms with Gasteiger partial charge in [0.1, 0.15) is 22.3 Å². The average molecular weight is 511 g/mol. The lowest BCUT2D eigenvalue weighted by molar-refractivity contribution is 0.663. The van der Waals surface area contributed by atoms with E-state index in [1.54, 1.807) is 0 Å². The zero-order valence-electron chi connectivity index (χ0n) is 21.5. The van der Waals surface area contributed by atoms with Crippen LogP contribution >= 0.6 is 0 Å². The largest absolute Gasteiger partial charge is 0.456 e. The van der Waals surface area contributed by atoms with Crippen molar-refractivity contribution in [1.29, 1.82) is 0 Å². The van der Waals surface area contributed by atoms with E-state index in [0.717, 1.165) is 55.0 Å². The Morgan fingerprint density at radius 1 is 0.325 bits per heavy atom. The fraction of sp³-hybridized carbons (Fsp3) is 0. The summed E-state index contributed by atoms with van der Waals surface area (Å²) in [7, 11) is 0. The molecule has 0 radical (unpaired) electrons. The van der Waals surface area contributed by atoms with Gasteiger partial charge < -0.3 is 8.83 Å². The SMILES string of the molecule is c1ccc2c(-c3ccc(-c4ccc5c(c4)oc4ccc6oc7ccccc7c6c45)cc3)c3ccccc3cc2c1. The van der Waals surface area contributed by atoms with Gasteiger partial charge in [-0.2, -0.15) is 0 Å². The Morgan fingerprint density at radius 3 is 1.55 bits per heavy atom. The van der Waals surface area contributed by atoms with Crippen LogP contribution in [0.4, 0.5) is 0 Å². The summed E-state index contributed by atoms with van der Waals surface area (Å²) in [6.07, 6.45) is 0. The van der Waals surface area contributed by atoms with Gasteiger partial charge in [0.05, 0.1) is 0 Å². The molecule has 0 saturated carbocycles. The third kappa shape index (κ3) is 3.05. The fourth-order valence-electron chi connectivity index (χ4n) is 6.42. The van der Waals surface area contributed by atoms with Crippen molar-refractivity contribution in [3.05, 3.63) is 133 Å². The zero-order chi connectivity index (χ0) is 26.2. The van der Waals surface area contributed by atoms with Crippen LogP contribution < -0.4 is 0 Å². The van der Waals surface area contributed by atoms with E-state index in [1.165, 1.54) is 32.7 Å². The summed E-state index contributed by atoms with van der Waals surface area (Å²) in [4.78, 5) is 0. The molecule has 40 heavy (non-hydrogen) atoms. The quantitative estimate of drug-likeness (QED) is 0.216. The van der Waals surface area contributed by atoms with E-state index >= 15 is 0 Å². The van der Waals surface area contributed by atoms with Gasteiger partial charge in [-0.05, 0) is 80.2 Å². The monoisotopic (exact) mass is 510 g/mol. The van der Waals surface area contributed by atoms with Gasteiger partial charge in [0, 0.05) is 21.5 Å². The molecule has 9 aromatic rings. The Morgan fingerprint density at radius 2 is 0.850 bits per heavy atom. The van der Waals surface area contributed by atoms with Crippen molar-refractivity contribution < 1.29 is 8.83 Å². The topological polar surface area (TPSA) is 26.3 Å². The van der Waals surface area contributed by atoms with Crippen LogP contribution in [0.2, 0.25) is 0 Å². The minimum Gasteiger partial charge on any atom is -0.456 e. The smallest absolute Gasteiger partial charge is 0.136 e. The molecule has 0 aliphatic rings. The van der Waals surface area contributed by atoms with Crippen molar-refractivity contribution in [3.8, 4) is 22.3 Å². The predicted molar refractivity (Wildman–Crippen MR) is 167 cm³/mol. The summed E-state index contributed by atoms with van der Waals surface area (Å²) < 4.78 is 12.5. The molecule has 2 heteroatoms. The number of hydrogen-bond donors (Lipinski definition) is 0. The highest BCUT2D eigenvalue weighted by Crippen LogP contribution is 2.41. The Hall–Kier alpha value is -5.34. The first-order valence-electron chi connectivity index (χ1n) is 13.6. The predicted octanol–water partition coefficient (Wildman–Crippen LogP) is 11.1. The van der Waals surface area contributed by atoms with Crippen LogP contribution in [-0.2, 0) is 0 Å². The van der Waals surface area contributed by atoms with E-state index in [9.17, 15) is 0 Å². The van der Waals surface area contributed by atoms with Gasteiger partial charge >= 0.3 is 0 Å². The number of rotatable bonds is 2. The number of benzene rings is 7. The molecule has 9 rings (SSSR count). The summed E-state index contributed by atoms with van der Waals surface area (Å²) in [5.41, 5.74) is 8.34. The normalized spacial score (nSPS) is 12.0. The molecule has 0 aliphatic carbocycles. The molecule has 0 unspecified atom stereocenters. The molecule has 186 valence electrons. The summed E-state index contributed by atoms with van der Waals surface area (Å²) >= 11 is 0. The lowest BCUT2D eigenvalue weighted by Crippen LogP contribution is -1.86. The molecule has 2 heterocycles. The maximum absolute atomic E-state index is 6.39. The molecular formula is C38H22O2. The van der Waals surface area contributed by atoms with Gasteiger partial charge in [-0.1, -0.05) is 97.1 Å². The molecule has 2 aromatic heterocycles.